The molecule has 0 spiro atoms. The van der Waals surface area contributed by atoms with Crippen molar-refractivity contribution in [2.45, 2.75) is 17.7 Å². The van der Waals surface area contributed by atoms with Crippen LogP contribution in [0.4, 0.5) is 0 Å². The Balaban J connectivity index is 3.56. The maximum absolute atomic E-state index is 11.6. The van der Waals surface area contributed by atoms with E-state index in [1.165, 1.54) is 20.3 Å². The van der Waals surface area contributed by atoms with E-state index in [0.29, 0.717) is 11.3 Å². The van der Waals surface area contributed by atoms with Gasteiger partial charge in [-0.3, -0.25) is 0 Å². The molecule has 102 valence electrons. The topological polar surface area (TPSA) is 72.8 Å². The van der Waals surface area contributed by atoms with Crippen LogP contribution in [-0.2, 0) is 9.84 Å². The number of benzene rings is 1. The summed E-state index contributed by atoms with van der Waals surface area (Å²) in [6, 6.07) is 3.11. The Morgan fingerprint density at radius 2 is 1.78 bits per heavy atom. The molecule has 1 rings (SSSR count). The lowest BCUT2D eigenvalue weighted by molar-refractivity contribution is 0.267. The SMILES string of the molecule is COc1c(C(C)CO)ccc(S(C)(=O)=O)c1OC. The summed E-state index contributed by atoms with van der Waals surface area (Å²) in [5.41, 5.74) is 0.712. The van der Waals surface area contributed by atoms with E-state index in [1.54, 1.807) is 6.07 Å². The molecule has 1 aromatic carbocycles. The molecule has 0 bridgehead atoms. The average Bonchev–Trinajstić information content (AvgIpc) is 2.34. The van der Waals surface area contributed by atoms with Crippen LogP contribution < -0.4 is 9.47 Å². The van der Waals surface area contributed by atoms with Gasteiger partial charge in [-0.1, -0.05) is 13.0 Å². The largest absolute Gasteiger partial charge is 0.493 e. The van der Waals surface area contributed by atoms with Crippen molar-refractivity contribution in [2.75, 3.05) is 27.1 Å². The van der Waals surface area contributed by atoms with Gasteiger partial charge in [0.1, 0.15) is 4.90 Å². The first-order valence-corrected chi connectivity index (χ1v) is 7.31. The van der Waals surface area contributed by atoms with E-state index in [4.69, 9.17) is 9.47 Å². The first kappa shape index (κ1) is 14.8. The Morgan fingerprint density at radius 1 is 1.22 bits per heavy atom. The normalized spacial score (nSPS) is 13.2. The van der Waals surface area contributed by atoms with Gasteiger partial charge >= 0.3 is 0 Å². The van der Waals surface area contributed by atoms with Gasteiger partial charge in [0.05, 0.1) is 14.2 Å². The van der Waals surface area contributed by atoms with Gasteiger partial charge in [-0.15, -0.1) is 0 Å². The van der Waals surface area contributed by atoms with Crippen molar-refractivity contribution in [1.82, 2.24) is 0 Å². The van der Waals surface area contributed by atoms with E-state index < -0.39 is 9.84 Å². The Bertz CT molecular complexity index is 522. The van der Waals surface area contributed by atoms with Crippen molar-refractivity contribution in [3.05, 3.63) is 17.7 Å². The van der Waals surface area contributed by atoms with E-state index in [2.05, 4.69) is 0 Å². The van der Waals surface area contributed by atoms with E-state index in [9.17, 15) is 13.5 Å². The van der Waals surface area contributed by atoms with Crippen LogP contribution in [0.1, 0.15) is 18.4 Å². The molecule has 0 aromatic heterocycles. The minimum atomic E-state index is -3.39. The van der Waals surface area contributed by atoms with Crippen LogP contribution >= 0.6 is 0 Å². The predicted octanol–water partition coefficient (Wildman–Crippen LogP) is 1.20. The molecule has 0 radical (unpaired) electrons. The number of hydrogen-bond donors (Lipinski definition) is 1. The molecule has 0 aliphatic rings. The average molecular weight is 274 g/mol. The van der Waals surface area contributed by atoms with Crippen LogP contribution in [0.25, 0.3) is 0 Å². The molecule has 0 fully saturated rings. The maximum atomic E-state index is 11.6. The highest BCUT2D eigenvalue weighted by Gasteiger charge is 2.23. The molecule has 1 atom stereocenters. The van der Waals surface area contributed by atoms with Gasteiger partial charge < -0.3 is 14.6 Å². The number of methoxy groups -OCH3 is 2. The first-order chi connectivity index (χ1) is 8.36. The Kier molecular flexibility index (Phi) is 4.59. The monoisotopic (exact) mass is 274 g/mol. The molecule has 5 nitrogen and oxygen atoms in total. The predicted molar refractivity (Wildman–Crippen MR) is 68.2 cm³/mol. The maximum Gasteiger partial charge on any atom is 0.179 e. The molecule has 1 unspecified atom stereocenters. The van der Waals surface area contributed by atoms with Crippen molar-refractivity contribution >= 4 is 9.84 Å². The minimum absolute atomic E-state index is 0.0578. The molecule has 0 amide bonds. The summed E-state index contributed by atoms with van der Waals surface area (Å²) in [4.78, 5) is 0.0794. The van der Waals surface area contributed by atoms with E-state index in [1.807, 2.05) is 6.92 Å². The Morgan fingerprint density at radius 3 is 2.17 bits per heavy atom. The van der Waals surface area contributed by atoms with Crippen molar-refractivity contribution in [3.63, 3.8) is 0 Å². The third kappa shape index (κ3) is 2.76. The summed E-state index contributed by atoms with van der Waals surface area (Å²) < 4.78 is 33.7. The third-order valence-electron chi connectivity index (χ3n) is 2.72. The zero-order valence-corrected chi connectivity index (χ0v) is 11.7. The molecular formula is C12H18O5S. The van der Waals surface area contributed by atoms with Crippen LogP contribution in [0.5, 0.6) is 11.5 Å². The van der Waals surface area contributed by atoms with Crippen LogP contribution in [0.15, 0.2) is 17.0 Å². The molecule has 6 heteroatoms. The molecule has 0 aliphatic heterocycles. The van der Waals surface area contributed by atoms with Gasteiger partial charge in [0.15, 0.2) is 21.3 Å². The number of aliphatic hydroxyl groups is 1. The fourth-order valence-corrected chi connectivity index (χ4v) is 2.57. The first-order valence-electron chi connectivity index (χ1n) is 5.42. The lowest BCUT2D eigenvalue weighted by Gasteiger charge is -2.18. The quantitative estimate of drug-likeness (QED) is 0.873. The Labute approximate surface area is 107 Å². The number of ether oxygens (including phenoxy) is 2. The van der Waals surface area contributed by atoms with Gasteiger partial charge in [-0.25, -0.2) is 8.42 Å². The highest BCUT2D eigenvalue weighted by Crippen LogP contribution is 2.40. The lowest BCUT2D eigenvalue weighted by atomic mass is 10.0. The molecule has 1 aromatic rings. The van der Waals surface area contributed by atoms with Gasteiger partial charge in [0, 0.05) is 24.3 Å². The summed E-state index contributed by atoms with van der Waals surface area (Å²) >= 11 is 0. The highest BCUT2D eigenvalue weighted by molar-refractivity contribution is 7.90. The molecule has 18 heavy (non-hydrogen) atoms. The summed E-state index contributed by atoms with van der Waals surface area (Å²) in [6.45, 7) is 1.76. The Hall–Kier alpha value is -1.27. The minimum Gasteiger partial charge on any atom is -0.493 e. The standard InChI is InChI=1S/C12H18O5S/c1-8(7-13)9-5-6-10(18(4,14)15)12(17-3)11(9)16-2/h5-6,8,13H,7H2,1-4H3. The molecular weight excluding hydrogens is 256 g/mol. The fraction of sp³-hybridized carbons (Fsp3) is 0.500. The summed E-state index contributed by atoms with van der Waals surface area (Å²) in [5, 5.41) is 9.19. The molecule has 0 heterocycles. The van der Waals surface area contributed by atoms with E-state index in [-0.39, 0.29) is 23.2 Å². The fourth-order valence-electron chi connectivity index (χ4n) is 1.74. The molecule has 0 saturated heterocycles. The van der Waals surface area contributed by atoms with Gasteiger partial charge in [-0.2, -0.15) is 0 Å². The zero-order chi connectivity index (χ0) is 13.9. The molecule has 1 N–H and O–H groups in total. The molecule has 0 saturated carbocycles. The second-order valence-corrected chi connectivity index (χ2v) is 6.06. The summed E-state index contributed by atoms with van der Waals surface area (Å²) in [6.07, 6.45) is 1.11. The van der Waals surface area contributed by atoms with Gasteiger partial charge in [0.25, 0.3) is 0 Å². The van der Waals surface area contributed by atoms with Gasteiger partial charge in [-0.05, 0) is 6.07 Å². The smallest absolute Gasteiger partial charge is 0.179 e. The van der Waals surface area contributed by atoms with Crippen molar-refractivity contribution in [2.24, 2.45) is 0 Å². The van der Waals surface area contributed by atoms with Crippen molar-refractivity contribution in [1.29, 1.82) is 0 Å². The summed E-state index contributed by atoms with van der Waals surface area (Å²) in [7, 11) is -0.564. The number of rotatable bonds is 5. The second kappa shape index (κ2) is 5.58. The summed E-state index contributed by atoms with van der Waals surface area (Å²) in [5.74, 6) is 0.363. The van der Waals surface area contributed by atoms with Crippen LogP contribution in [-0.4, -0.2) is 40.6 Å². The highest BCUT2D eigenvalue weighted by atomic mass is 32.2. The number of aliphatic hydroxyl groups excluding tert-OH is 1. The van der Waals surface area contributed by atoms with Crippen LogP contribution in [0.2, 0.25) is 0 Å². The van der Waals surface area contributed by atoms with Gasteiger partial charge in [0.2, 0.25) is 0 Å². The number of hydrogen-bond acceptors (Lipinski definition) is 5. The number of sulfone groups is 1. The van der Waals surface area contributed by atoms with Crippen molar-refractivity contribution in [3.8, 4) is 11.5 Å². The van der Waals surface area contributed by atoms with E-state index >= 15 is 0 Å². The molecule has 0 aliphatic carbocycles. The third-order valence-corrected chi connectivity index (χ3v) is 3.84. The lowest BCUT2D eigenvalue weighted by Crippen LogP contribution is -2.07. The van der Waals surface area contributed by atoms with Crippen LogP contribution in [0.3, 0.4) is 0 Å². The zero-order valence-electron chi connectivity index (χ0n) is 10.9. The van der Waals surface area contributed by atoms with Crippen molar-refractivity contribution < 1.29 is 23.0 Å². The second-order valence-electron chi connectivity index (χ2n) is 4.08. The van der Waals surface area contributed by atoms with Crippen LogP contribution in [0, 0.1) is 0 Å². The van der Waals surface area contributed by atoms with E-state index in [0.717, 1.165) is 6.26 Å².